The monoisotopic (exact) mass is 508 g/mol. The summed E-state index contributed by atoms with van der Waals surface area (Å²) in [5.74, 6) is -0.207. The maximum absolute atomic E-state index is 14.7. The van der Waals surface area contributed by atoms with Gasteiger partial charge in [0.05, 0.1) is 24.1 Å². The lowest BCUT2D eigenvalue weighted by Crippen LogP contribution is -2.49. The lowest BCUT2D eigenvalue weighted by atomic mass is 10.0. The van der Waals surface area contributed by atoms with Crippen molar-refractivity contribution in [3.05, 3.63) is 46.5 Å². The van der Waals surface area contributed by atoms with Crippen molar-refractivity contribution in [2.75, 3.05) is 43.5 Å². The molecule has 3 aromatic rings. The van der Waals surface area contributed by atoms with E-state index in [-0.39, 0.29) is 10.8 Å². The Hall–Kier alpha value is -2.85. The molecular formula is C24H28ClF3N6O. The first-order valence-corrected chi connectivity index (χ1v) is 11.8. The van der Waals surface area contributed by atoms with Crippen LogP contribution in [0.2, 0.25) is 5.28 Å². The van der Waals surface area contributed by atoms with E-state index in [1.165, 1.54) is 12.1 Å². The SMILES string of the molecule is COc1nc2nc(Cl)nc(N[C@H](C)c3cccc(C(F)F)c3F)c2cc1N1CCN(C(C)C)CC1. The summed E-state index contributed by atoms with van der Waals surface area (Å²) in [6.45, 7) is 9.40. The zero-order chi connectivity index (χ0) is 25.3. The first-order valence-electron chi connectivity index (χ1n) is 11.4. The molecule has 1 aromatic carbocycles. The molecule has 3 heterocycles. The molecule has 0 spiro atoms. The highest BCUT2D eigenvalue weighted by molar-refractivity contribution is 6.28. The van der Waals surface area contributed by atoms with Crippen LogP contribution in [0.5, 0.6) is 5.88 Å². The Morgan fingerprint density at radius 3 is 2.34 bits per heavy atom. The van der Waals surface area contributed by atoms with Gasteiger partial charge in [-0.15, -0.1) is 0 Å². The number of nitrogens with one attached hydrogen (secondary N) is 1. The first-order chi connectivity index (χ1) is 16.7. The van der Waals surface area contributed by atoms with Gasteiger partial charge in [-0.25, -0.2) is 18.2 Å². The van der Waals surface area contributed by atoms with Crippen molar-refractivity contribution in [2.24, 2.45) is 0 Å². The third kappa shape index (κ3) is 5.23. The molecule has 1 fully saturated rings. The van der Waals surface area contributed by atoms with E-state index in [1.807, 2.05) is 6.07 Å². The van der Waals surface area contributed by atoms with Crippen molar-refractivity contribution < 1.29 is 17.9 Å². The van der Waals surface area contributed by atoms with E-state index in [9.17, 15) is 13.2 Å². The molecule has 1 aliphatic rings. The number of nitrogens with zero attached hydrogens (tertiary/aromatic N) is 5. The molecule has 0 radical (unpaired) electrons. The van der Waals surface area contributed by atoms with Crippen LogP contribution in [0, 0.1) is 5.82 Å². The summed E-state index contributed by atoms with van der Waals surface area (Å²) in [5.41, 5.74) is 0.548. The van der Waals surface area contributed by atoms with Crippen LogP contribution in [-0.2, 0) is 0 Å². The second-order valence-corrected chi connectivity index (χ2v) is 9.10. The zero-order valence-electron chi connectivity index (χ0n) is 20.0. The van der Waals surface area contributed by atoms with E-state index in [0.717, 1.165) is 37.9 Å². The number of benzene rings is 1. The van der Waals surface area contributed by atoms with Crippen molar-refractivity contribution in [2.45, 2.75) is 39.3 Å². The van der Waals surface area contributed by atoms with E-state index >= 15 is 0 Å². The number of aromatic nitrogens is 3. The van der Waals surface area contributed by atoms with Gasteiger partial charge in [0, 0.05) is 37.8 Å². The molecule has 1 atom stereocenters. The van der Waals surface area contributed by atoms with Gasteiger partial charge >= 0.3 is 0 Å². The second-order valence-electron chi connectivity index (χ2n) is 8.76. The van der Waals surface area contributed by atoms with E-state index in [4.69, 9.17) is 16.3 Å². The number of halogens is 4. The normalized spacial score (nSPS) is 15.8. The molecule has 2 aromatic heterocycles. The first kappa shape index (κ1) is 25.2. The molecule has 0 saturated carbocycles. The summed E-state index contributed by atoms with van der Waals surface area (Å²) in [7, 11) is 1.55. The topological polar surface area (TPSA) is 66.4 Å². The van der Waals surface area contributed by atoms with Crippen LogP contribution in [0.1, 0.15) is 44.4 Å². The summed E-state index contributed by atoms with van der Waals surface area (Å²) in [6, 6.07) is 5.61. The molecule has 0 aliphatic carbocycles. The number of pyridine rings is 1. The standard InChI is InChI=1S/C24H28ClF3N6O/c1-13(2)33-8-10-34(11-9-33)18-12-17-21(31-24(25)32-22(17)30-23(18)35-4)29-14(3)15-6-5-7-16(19(15)26)20(27)28/h5-7,12-14,20H,8-11H2,1-4H3,(H,29,30,31,32)/t14-/m1/s1. The van der Waals surface area contributed by atoms with Crippen LogP contribution < -0.4 is 15.0 Å². The Balaban J connectivity index is 1.71. The van der Waals surface area contributed by atoms with Crippen LogP contribution in [-0.4, -0.2) is 59.2 Å². The van der Waals surface area contributed by atoms with Crippen molar-refractivity contribution >= 4 is 34.1 Å². The Morgan fingerprint density at radius 1 is 1.03 bits per heavy atom. The van der Waals surface area contributed by atoms with E-state index in [2.05, 4.69) is 43.9 Å². The molecule has 11 heteroatoms. The fourth-order valence-corrected chi connectivity index (χ4v) is 4.49. The maximum atomic E-state index is 14.7. The highest BCUT2D eigenvalue weighted by Crippen LogP contribution is 2.35. The smallest absolute Gasteiger partial charge is 0.266 e. The quantitative estimate of drug-likeness (QED) is 0.425. The maximum Gasteiger partial charge on any atom is 0.266 e. The van der Waals surface area contributed by atoms with Crippen molar-refractivity contribution in [1.82, 2.24) is 19.9 Å². The van der Waals surface area contributed by atoms with Gasteiger partial charge in [-0.3, -0.25) is 4.90 Å². The average Bonchev–Trinajstić information content (AvgIpc) is 2.83. The molecule has 7 nitrogen and oxygen atoms in total. The molecule has 188 valence electrons. The van der Waals surface area contributed by atoms with E-state index < -0.39 is 23.8 Å². The van der Waals surface area contributed by atoms with Crippen LogP contribution in [0.25, 0.3) is 11.0 Å². The molecule has 1 N–H and O–H groups in total. The van der Waals surface area contributed by atoms with Gasteiger partial charge in [-0.1, -0.05) is 18.2 Å². The molecule has 0 unspecified atom stereocenters. The van der Waals surface area contributed by atoms with Gasteiger partial charge in [0.1, 0.15) is 17.3 Å². The predicted octanol–water partition coefficient (Wildman–Crippen LogP) is 5.47. The minimum Gasteiger partial charge on any atom is -0.479 e. The highest BCUT2D eigenvalue weighted by atomic mass is 35.5. The lowest BCUT2D eigenvalue weighted by Gasteiger charge is -2.38. The third-order valence-corrected chi connectivity index (χ3v) is 6.47. The van der Waals surface area contributed by atoms with Gasteiger partial charge in [-0.2, -0.15) is 9.97 Å². The Labute approximate surface area is 207 Å². The summed E-state index contributed by atoms with van der Waals surface area (Å²) < 4.78 is 46.7. The Bertz CT molecular complexity index is 1200. The minimum absolute atomic E-state index is 0.0538. The van der Waals surface area contributed by atoms with Crippen molar-refractivity contribution in [3.63, 3.8) is 0 Å². The number of alkyl halides is 2. The van der Waals surface area contributed by atoms with Gasteiger partial charge < -0.3 is 15.0 Å². The fourth-order valence-electron chi connectivity index (χ4n) is 4.32. The number of fused-ring (bicyclic) bond motifs is 1. The largest absolute Gasteiger partial charge is 0.479 e. The second kappa shape index (κ2) is 10.4. The molecular weight excluding hydrogens is 481 g/mol. The number of hydrogen-bond donors (Lipinski definition) is 1. The summed E-state index contributed by atoms with van der Waals surface area (Å²) in [4.78, 5) is 17.7. The number of anilines is 2. The molecule has 1 aliphatic heterocycles. The molecule has 4 rings (SSSR count). The number of piperazine rings is 1. The van der Waals surface area contributed by atoms with Gasteiger partial charge in [0.25, 0.3) is 6.43 Å². The summed E-state index contributed by atoms with van der Waals surface area (Å²) in [5, 5.41) is 3.62. The molecule has 0 amide bonds. The Kier molecular flexibility index (Phi) is 7.51. The number of rotatable bonds is 7. The predicted molar refractivity (Wildman–Crippen MR) is 131 cm³/mol. The van der Waals surface area contributed by atoms with Gasteiger partial charge in [-0.05, 0) is 38.4 Å². The van der Waals surface area contributed by atoms with E-state index in [0.29, 0.717) is 28.8 Å². The zero-order valence-corrected chi connectivity index (χ0v) is 20.8. The highest BCUT2D eigenvalue weighted by Gasteiger charge is 2.25. The summed E-state index contributed by atoms with van der Waals surface area (Å²) in [6.07, 6.45) is -2.91. The van der Waals surface area contributed by atoms with E-state index in [1.54, 1.807) is 14.0 Å². The van der Waals surface area contributed by atoms with Crippen LogP contribution in [0.15, 0.2) is 24.3 Å². The third-order valence-electron chi connectivity index (χ3n) is 6.30. The summed E-state index contributed by atoms with van der Waals surface area (Å²) >= 11 is 6.15. The number of hydrogen-bond acceptors (Lipinski definition) is 7. The van der Waals surface area contributed by atoms with Crippen LogP contribution in [0.3, 0.4) is 0 Å². The van der Waals surface area contributed by atoms with Crippen molar-refractivity contribution in [1.29, 1.82) is 0 Å². The minimum atomic E-state index is -2.91. The Morgan fingerprint density at radius 2 is 1.71 bits per heavy atom. The average molecular weight is 509 g/mol. The van der Waals surface area contributed by atoms with Crippen molar-refractivity contribution in [3.8, 4) is 5.88 Å². The van der Waals surface area contributed by atoms with Crippen LogP contribution in [0.4, 0.5) is 24.7 Å². The van der Waals surface area contributed by atoms with Gasteiger partial charge in [0.2, 0.25) is 11.2 Å². The van der Waals surface area contributed by atoms with Gasteiger partial charge in [0.15, 0.2) is 5.65 Å². The number of methoxy groups -OCH3 is 1. The molecule has 35 heavy (non-hydrogen) atoms. The van der Waals surface area contributed by atoms with Crippen LogP contribution >= 0.6 is 11.6 Å². The molecule has 1 saturated heterocycles. The fraction of sp³-hybridized carbons (Fsp3) is 0.458. The molecule has 0 bridgehead atoms. The number of ether oxygens (including phenoxy) is 1. The lowest BCUT2D eigenvalue weighted by molar-refractivity contribution is 0.146.